The molecule has 3 amide bonds. The summed E-state index contributed by atoms with van der Waals surface area (Å²) in [5.74, 6) is 0.379. The summed E-state index contributed by atoms with van der Waals surface area (Å²) < 4.78 is 5.52. The van der Waals surface area contributed by atoms with Gasteiger partial charge < -0.3 is 30.5 Å². The van der Waals surface area contributed by atoms with E-state index in [2.05, 4.69) is 20.8 Å². The number of ether oxygens (including phenoxy) is 1. The zero-order chi connectivity index (χ0) is 35.6. The van der Waals surface area contributed by atoms with E-state index in [1.807, 2.05) is 95.3 Å². The van der Waals surface area contributed by atoms with Crippen LogP contribution < -0.4 is 10.6 Å². The normalized spacial score (nSPS) is 23.7. The molecular weight excluding hydrogens is 622 g/mol. The van der Waals surface area contributed by atoms with Crippen LogP contribution >= 0.6 is 0 Å². The van der Waals surface area contributed by atoms with Crippen LogP contribution in [0, 0.1) is 5.92 Å². The van der Waals surface area contributed by atoms with E-state index in [0.29, 0.717) is 30.8 Å². The van der Waals surface area contributed by atoms with Gasteiger partial charge in [-0.2, -0.15) is 0 Å². The lowest BCUT2D eigenvalue weighted by atomic mass is 9.62. The van der Waals surface area contributed by atoms with Gasteiger partial charge in [0.2, 0.25) is 5.91 Å². The van der Waals surface area contributed by atoms with Crippen molar-refractivity contribution in [3.8, 4) is 22.4 Å². The predicted octanol–water partition coefficient (Wildman–Crippen LogP) is 7.35. The topological polar surface area (TPSA) is 154 Å². The number of alkyl carbamates (subject to hydrolysis) is 1. The van der Waals surface area contributed by atoms with Crippen molar-refractivity contribution in [2.75, 3.05) is 5.32 Å². The van der Waals surface area contributed by atoms with Gasteiger partial charge in [-0.05, 0) is 90.3 Å². The molecule has 1 heterocycles. The molecule has 49 heavy (non-hydrogen) atoms. The summed E-state index contributed by atoms with van der Waals surface area (Å²) in [6, 6.07) is 19.2. The Balaban J connectivity index is 1.32. The summed E-state index contributed by atoms with van der Waals surface area (Å²) >= 11 is 0. The van der Waals surface area contributed by atoms with E-state index in [1.54, 1.807) is 6.92 Å². The Bertz CT molecular complexity index is 1640. The molecule has 0 saturated heterocycles. The van der Waals surface area contributed by atoms with E-state index >= 15 is 0 Å². The van der Waals surface area contributed by atoms with E-state index in [0.717, 1.165) is 47.9 Å². The lowest BCUT2D eigenvalue weighted by Gasteiger charge is -2.52. The number of carboxylic acid groups (broad SMARTS) is 1. The maximum absolute atomic E-state index is 13.1. The molecule has 2 fully saturated rings. The van der Waals surface area contributed by atoms with Gasteiger partial charge >= 0.3 is 12.2 Å². The van der Waals surface area contributed by atoms with Crippen LogP contribution in [-0.2, 0) is 15.1 Å². The number of hydrogen-bond acceptors (Lipinski definition) is 7. The summed E-state index contributed by atoms with van der Waals surface area (Å²) in [5.41, 5.74) is 1.67. The van der Waals surface area contributed by atoms with Crippen LogP contribution in [0.25, 0.3) is 22.4 Å². The quantitative estimate of drug-likeness (QED) is 0.184. The lowest BCUT2D eigenvalue weighted by molar-refractivity contribution is -0.117. The highest BCUT2D eigenvalue weighted by atomic mass is 16.6. The Morgan fingerprint density at radius 3 is 2.14 bits per heavy atom. The Hall–Kier alpha value is -4.51. The number of hydrogen-bond donors (Lipinski definition) is 4. The highest BCUT2D eigenvalue weighted by molar-refractivity contribution is 5.91. The minimum atomic E-state index is -0.908. The lowest BCUT2D eigenvalue weighted by Crippen LogP contribution is -2.62. The summed E-state index contributed by atoms with van der Waals surface area (Å²) in [5, 5.41) is 35.2. The van der Waals surface area contributed by atoms with Crippen molar-refractivity contribution in [3.63, 3.8) is 0 Å². The molecule has 262 valence electrons. The fourth-order valence-corrected chi connectivity index (χ4v) is 7.44. The van der Waals surface area contributed by atoms with Crippen molar-refractivity contribution in [3.05, 3.63) is 66.2 Å². The first-order chi connectivity index (χ1) is 23.0. The molecular formula is C38H49N5O6. The molecule has 0 radical (unpaired) electrons. The second-order valence-corrected chi connectivity index (χ2v) is 15.2. The number of amides is 3. The van der Waals surface area contributed by atoms with Crippen LogP contribution in [0.3, 0.4) is 0 Å². The fourth-order valence-electron chi connectivity index (χ4n) is 7.44. The number of rotatable bonds is 9. The summed E-state index contributed by atoms with van der Waals surface area (Å²) in [6.45, 7) is 11.0. The summed E-state index contributed by atoms with van der Waals surface area (Å²) in [6.07, 6.45) is 2.66. The molecule has 2 aliphatic carbocycles. The third-order valence-corrected chi connectivity index (χ3v) is 9.42. The molecule has 2 aromatic carbocycles. The number of carbonyl (C=O) groups is 3. The molecule has 2 saturated carbocycles. The van der Waals surface area contributed by atoms with Crippen LogP contribution in [0.4, 0.5) is 15.4 Å². The molecule has 2 aliphatic rings. The molecule has 0 unspecified atom stereocenters. The van der Waals surface area contributed by atoms with E-state index in [4.69, 9.17) is 4.74 Å². The number of nitrogens with one attached hydrogen (secondary N) is 2. The minimum Gasteiger partial charge on any atom is -0.465 e. The fraction of sp³-hybridized carbons (Fsp3) is 0.500. The number of aromatic nitrogens is 2. The van der Waals surface area contributed by atoms with E-state index < -0.39 is 28.9 Å². The zero-order valence-corrected chi connectivity index (χ0v) is 29.3. The smallest absolute Gasteiger partial charge is 0.408 e. The van der Waals surface area contributed by atoms with Crippen molar-refractivity contribution in [2.45, 2.75) is 115 Å². The van der Waals surface area contributed by atoms with Crippen LogP contribution in [0.5, 0.6) is 0 Å². The SMILES string of the molecule is CC(C)N(C(=O)O)[C@H]1CC[C@H](CC(=O)Nc2cc(-c3ccccc3)c(-c3ccc([C@]4(NC(=O)OC(C)(C)C)C[C@](C)(O)C4)cc3)nn2)CC1. The molecule has 3 aromatic rings. The van der Waals surface area contributed by atoms with Gasteiger partial charge in [-0.25, -0.2) is 9.59 Å². The number of aliphatic hydroxyl groups is 1. The molecule has 4 N–H and O–H groups in total. The van der Waals surface area contributed by atoms with E-state index in [1.165, 1.54) is 4.90 Å². The Labute approximate surface area is 288 Å². The van der Waals surface area contributed by atoms with Crippen molar-refractivity contribution < 1.29 is 29.3 Å². The van der Waals surface area contributed by atoms with Gasteiger partial charge in [0.25, 0.3) is 0 Å². The Morgan fingerprint density at radius 2 is 1.59 bits per heavy atom. The largest absolute Gasteiger partial charge is 0.465 e. The highest BCUT2D eigenvalue weighted by Gasteiger charge is 2.53. The molecule has 0 spiro atoms. The maximum atomic E-state index is 13.1. The molecule has 5 rings (SSSR count). The highest BCUT2D eigenvalue weighted by Crippen LogP contribution is 2.48. The monoisotopic (exact) mass is 671 g/mol. The molecule has 0 bridgehead atoms. The van der Waals surface area contributed by atoms with Gasteiger partial charge in [0.1, 0.15) is 11.3 Å². The summed E-state index contributed by atoms with van der Waals surface area (Å²) in [4.78, 5) is 39.2. The van der Waals surface area contributed by atoms with Crippen molar-refractivity contribution >= 4 is 23.9 Å². The number of anilines is 1. The molecule has 11 nitrogen and oxygen atoms in total. The van der Waals surface area contributed by atoms with Crippen LogP contribution in [0.2, 0.25) is 0 Å². The van der Waals surface area contributed by atoms with Gasteiger partial charge in [0, 0.05) is 42.5 Å². The third kappa shape index (κ3) is 8.75. The first kappa shape index (κ1) is 35.8. The molecule has 0 atom stereocenters. The van der Waals surface area contributed by atoms with Gasteiger partial charge in [0.05, 0.1) is 11.1 Å². The predicted molar refractivity (Wildman–Crippen MR) is 188 cm³/mol. The molecule has 11 heteroatoms. The average molecular weight is 672 g/mol. The number of carbonyl (C=O) groups excluding carboxylic acids is 2. The van der Waals surface area contributed by atoms with Gasteiger partial charge in [-0.1, -0.05) is 54.6 Å². The third-order valence-electron chi connectivity index (χ3n) is 9.42. The van der Waals surface area contributed by atoms with Crippen molar-refractivity contribution in [1.29, 1.82) is 0 Å². The minimum absolute atomic E-state index is 0.0203. The number of benzene rings is 2. The average Bonchev–Trinajstić information content (AvgIpc) is 3.00. The van der Waals surface area contributed by atoms with Gasteiger partial charge in [-0.3, -0.25) is 4.79 Å². The number of nitrogens with zero attached hydrogens (tertiary/aromatic N) is 3. The molecule has 0 aliphatic heterocycles. The van der Waals surface area contributed by atoms with Gasteiger partial charge in [0.15, 0.2) is 5.82 Å². The van der Waals surface area contributed by atoms with E-state index in [-0.39, 0.29) is 23.9 Å². The van der Waals surface area contributed by atoms with Crippen molar-refractivity contribution in [2.24, 2.45) is 5.92 Å². The van der Waals surface area contributed by atoms with Crippen LogP contribution in [0.1, 0.15) is 92.1 Å². The second-order valence-electron chi connectivity index (χ2n) is 15.2. The Morgan fingerprint density at radius 1 is 0.959 bits per heavy atom. The van der Waals surface area contributed by atoms with Gasteiger partial charge in [-0.15, -0.1) is 10.2 Å². The summed E-state index contributed by atoms with van der Waals surface area (Å²) in [7, 11) is 0. The first-order valence-corrected chi connectivity index (χ1v) is 17.1. The molecule has 1 aromatic heterocycles. The van der Waals surface area contributed by atoms with E-state index in [9.17, 15) is 24.6 Å². The first-order valence-electron chi connectivity index (χ1n) is 17.1. The van der Waals surface area contributed by atoms with Crippen molar-refractivity contribution in [1.82, 2.24) is 20.4 Å². The van der Waals surface area contributed by atoms with Crippen LogP contribution in [0.15, 0.2) is 60.7 Å². The zero-order valence-electron chi connectivity index (χ0n) is 29.3. The Kier molecular flexibility index (Phi) is 10.3. The maximum Gasteiger partial charge on any atom is 0.408 e. The second kappa shape index (κ2) is 14.2. The standard InChI is InChI=1S/C38H49N5O6/c1-24(2)43(35(46)47)29-18-12-25(13-19-29)20-32(44)39-31-21-30(26-10-8-7-9-11-26)33(42-41-31)27-14-16-28(17-15-27)38(22-37(6,48)23-38)40-34(45)49-36(3,4)5/h7-11,14-17,21,24-25,29,48H,12-13,18-20,22-23H2,1-6H3,(H,40,45)(H,46,47)(H,39,41,44)/t25-,29-,37-,38-. The van der Waals surface area contributed by atoms with Crippen LogP contribution in [-0.4, -0.2) is 66.7 Å².